The topological polar surface area (TPSA) is 9.23 Å². The van der Waals surface area contributed by atoms with Gasteiger partial charge in [-0.2, -0.15) is 0 Å². The Hall–Kier alpha value is -0.980. The van der Waals surface area contributed by atoms with Crippen LogP contribution in [0.25, 0.3) is 0 Å². The van der Waals surface area contributed by atoms with Gasteiger partial charge in [0.25, 0.3) is 0 Å². The second-order valence-corrected chi connectivity index (χ2v) is 2.47. The van der Waals surface area contributed by atoms with E-state index in [1.165, 1.54) is 5.57 Å². The van der Waals surface area contributed by atoms with E-state index in [2.05, 4.69) is 6.08 Å². The average Bonchev–Trinajstić information content (AvgIpc) is 2.47. The minimum Gasteiger partial charge on any atom is -0.493 e. The molecule has 0 unspecified atom stereocenters. The molecule has 1 heteroatoms. The van der Waals surface area contributed by atoms with Gasteiger partial charge in [-0.15, -0.1) is 0 Å². The zero-order valence-electron chi connectivity index (χ0n) is 7.13. The molecule has 1 heterocycles. The molecule has 0 saturated carbocycles. The standard InChI is InChI=1S/C10H14O/c1-3-5-6-9-7-8-11-10(9)4-2/h3-6H,7-8H2,1-2H3/b5-3-,9-6-,10-4+. The fourth-order valence-electron chi connectivity index (χ4n) is 1.13. The second-order valence-electron chi connectivity index (χ2n) is 2.47. The molecule has 1 aliphatic rings. The van der Waals surface area contributed by atoms with Gasteiger partial charge in [0, 0.05) is 6.42 Å². The minimum atomic E-state index is 0.836. The van der Waals surface area contributed by atoms with Crippen molar-refractivity contribution in [3.05, 3.63) is 35.6 Å². The maximum Gasteiger partial charge on any atom is 0.118 e. The molecule has 1 nitrogen and oxygen atoms in total. The largest absolute Gasteiger partial charge is 0.493 e. The Morgan fingerprint density at radius 1 is 1.36 bits per heavy atom. The molecule has 1 rings (SSSR count). The van der Waals surface area contributed by atoms with E-state index in [1.54, 1.807) is 0 Å². The molecule has 1 saturated heterocycles. The molecule has 0 spiro atoms. The summed E-state index contributed by atoms with van der Waals surface area (Å²) in [5.41, 5.74) is 1.31. The highest BCUT2D eigenvalue weighted by atomic mass is 16.5. The van der Waals surface area contributed by atoms with Crippen LogP contribution in [0.4, 0.5) is 0 Å². The van der Waals surface area contributed by atoms with Crippen LogP contribution in [-0.2, 0) is 4.74 Å². The molecule has 0 radical (unpaired) electrons. The SMILES string of the molecule is C\C=C/C=C1/CCO/C1=C/C. The summed E-state index contributed by atoms with van der Waals surface area (Å²) in [6, 6.07) is 0. The van der Waals surface area contributed by atoms with E-state index >= 15 is 0 Å². The van der Waals surface area contributed by atoms with Gasteiger partial charge in [-0.3, -0.25) is 0 Å². The monoisotopic (exact) mass is 150 g/mol. The third-order valence-electron chi connectivity index (χ3n) is 1.70. The first-order chi connectivity index (χ1) is 5.38. The zero-order valence-corrected chi connectivity index (χ0v) is 7.13. The van der Waals surface area contributed by atoms with Crippen molar-refractivity contribution in [1.29, 1.82) is 0 Å². The van der Waals surface area contributed by atoms with Crippen molar-refractivity contribution in [1.82, 2.24) is 0 Å². The molecule has 0 bridgehead atoms. The number of ether oxygens (including phenoxy) is 1. The molecule has 0 amide bonds. The Kier molecular flexibility index (Phi) is 2.96. The van der Waals surface area contributed by atoms with Crippen LogP contribution in [0.1, 0.15) is 20.3 Å². The van der Waals surface area contributed by atoms with Crippen LogP contribution in [0.3, 0.4) is 0 Å². The number of hydrogen-bond acceptors (Lipinski definition) is 1. The molecular formula is C10H14O. The van der Waals surface area contributed by atoms with Crippen LogP contribution < -0.4 is 0 Å². The van der Waals surface area contributed by atoms with Crippen LogP contribution in [0.5, 0.6) is 0 Å². The van der Waals surface area contributed by atoms with E-state index in [4.69, 9.17) is 4.74 Å². The highest BCUT2D eigenvalue weighted by Gasteiger charge is 2.11. The van der Waals surface area contributed by atoms with Gasteiger partial charge in [0.1, 0.15) is 5.76 Å². The van der Waals surface area contributed by atoms with E-state index in [0.717, 1.165) is 18.8 Å². The summed E-state index contributed by atoms with van der Waals surface area (Å²) in [4.78, 5) is 0. The summed E-state index contributed by atoms with van der Waals surface area (Å²) in [6.45, 7) is 4.86. The molecule has 60 valence electrons. The van der Waals surface area contributed by atoms with Gasteiger partial charge in [-0.05, 0) is 25.5 Å². The van der Waals surface area contributed by atoms with Crippen LogP contribution in [0, 0.1) is 0 Å². The fraction of sp³-hybridized carbons (Fsp3) is 0.400. The Morgan fingerprint density at radius 2 is 2.18 bits per heavy atom. The zero-order chi connectivity index (χ0) is 8.10. The van der Waals surface area contributed by atoms with Gasteiger partial charge in [0.15, 0.2) is 0 Å². The van der Waals surface area contributed by atoms with Gasteiger partial charge in [-0.25, -0.2) is 0 Å². The quantitative estimate of drug-likeness (QED) is 0.558. The number of rotatable bonds is 1. The first kappa shape index (κ1) is 8.12. The molecule has 1 aliphatic heterocycles. The van der Waals surface area contributed by atoms with E-state index < -0.39 is 0 Å². The lowest BCUT2D eigenvalue weighted by molar-refractivity contribution is 0.265. The molecule has 0 aromatic heterocycles. The summed E-state index contributed by atoms with van der Waals surface area (Å²) in [5.74, 6) is 1.04. The van der Waals surface area contributed by atoms with Gasteiger partial charge >= 0.3 is 0 Å². The minimum absolute atomic E-state index is 0.836. The summed E-state index contributed by atoms with van der Waals surface area (Å²) < 4.78 is 5.37. The first-order valence-corrected chi connectivity index (χ1v) is 4.00. The lowest BCUT2D eigenvalue weighted by atomic mass is 10.1. The summed E-state index contributed by atoms with van der Waals surface area (Å²) in [5, 5.41) is 0. The third-order valence-corrected chi connectivity index (χ3v) is 1.70. The van der Waals surface area contributed by atoms with Gasteiger partial charge in [0.2, 0.25) is 0 Å². The van der Waals surface area contributed by atoms with Crippen molar-refractivity contribution in [2.75, 3.05) is 6.61 Å². The van der Waals surface area contributed by atoms with Crippen molar-refractivity contribution in [3.8, 4) is 0 Å². The van der Waals surface area contributed by atoms with Crippen molar-refractivity contribution >= 4 is 0 Å². The molecule has 0 aromatic carbocycles. The highest BCUT2D eigenvalue weighted by Crippen LogP contribution is 2.23. The predicted molar refractivity (Wildman–Crippen MR) is 47.2 cm³/mol. The van der Waals surface area contributed by atoms with Crippen LogP contribution >= 0.6 is 0 Å². The molecule has 11 heavy (non-hydrogen) atoms. The van der Waals surface area contributed by atoms with Crippen LogP contribution in [0.2, 0.25) is 0 Å². The summed E-state index contributed by atoms with van der Waals surface area (Å²) in [7, 11) is 0. The molecule has 0 aliphatic carbocycles. The smallest absolute Gasteiger partial charge is 0.118 e. The Bertz CT molecular complexity index is 209. The maximum absolute atomic E-state index is 5.37. The Labute approximate surface area is 68.1 Å². The van der Waals surface area contributed by atoms with E-state index in [0.29, 0.717) is 0 Å². The fourth-order valence-corrected chi connectivity index (χ4v) is 1.13. The van der Waals surface area contributed by atoms with Crippen molar-refractivity contribution in [2.24, 2.45) is 0 Å². The van der Waals surface area contributed by atoms with Gasteiger partial charge in [0.05, 0.1) is 6.61 Å². The third kappa shape index (κ3) is 1.97. The average molecular weight is 150 g/mol. The van der Waals surface area contributed by atoms with E-state index in [-0.39, 0.29) is 0 Å². The number of hydrogen-bond donors (Lipinski definition) is 0. The van der Waals surface area contributed by atoms with Crippen LogP contribution in [0.15, 0.2) is 35.6 Å². The van der Waals surface area contributed by atoms with Gasteiger partial charge < -0.3 is 4.74 Å². The molecule has 0 aromatic rings. The second kappa shape index (κ2) is 4.02. The summed E-state index contributed by atoms with van der Waals surface area (Å²) >= 11 is 0. The Morgan fingerprint density at radius 3 is 2.82 bits per heavy atom. The van der Waals surface area contributed by atoms with Crippen LogP contribution in [-0.4, -0.2) is 6.61 Å². The Balaban J connectivity index is 2.71. The maximum atomic E-state index is 5.37. The normalized spacial score (nSPS) is 25.3. The molecule has 0 N–H and O–H groups in total. The first-order valence-electron chi connectivity index (χ1n) is 4.00. The van der Waals surface area contributed by atoms with E-state index in [9.17, 15) is 0 Å². The van der Waals surface area contributed by atoms with E-state index in [1.807, 2.05) is 32.1 Å². The van der Waals surface area contributed by atoms with Crippen molar-refractivity contribution < 1.29 is 4.74 Å². The molecule has 0 atom stereocenters. The predicted octanol–water partition coefficient (Wildman–Crippen LogP) is 2.81. The van der Waals surface area contributed by atoms with Gasteiger partial charge in [-0.1, -0.05) is 18.2 Å². The van der Waals surface area contributed by atoms with Crippen molar-refractivity contribution in [3.63, 3.8) is 0 Å². The van der Waals surface area contributed by atoms with Crippen molar-refractivity contribution in [2.45, 2.75) is 20.3 Å². The highest BCUT2D eigenvalue weighted by molar-refractivity contribution is 5.31. The lowest BCUT2D eigenvalue weighted by Crippen LogP contribution is -1.78. The number of allylic oxidation sites excluding steroid dienone is 5. The molecular weight excluding hydrogens is 136 g/mol. The molecule has 1 fully saturated rings. The summed E-state index contributed by atoms with van der Waals surface area (Å²) in [6.07, 6.45) is 9.25. The lowest BCUT2D eigenvalue weighted by Gasteiger charge is -1.95.